The third-order valence-corrected chi connectivity index (χ3v) is 10.1. The maximum Gasteiger partial charge on any atom is 0.243 e. The Kier molecular flexibility index (Phi) is 13.5. The molecule has 4 aliphatic heterocycles. The van der Waals surface area contributed by atoms with Gasteiger partial charge in [-0.05, 0) is 0 Å². The van der Waals surface area contributed by atoms with Gasteiger partial charge in [0.1, 0.15) is 104 Å². The van der Waals surface area contributed by atoms with Crippen LogP contribution in [0.5, 0.6) is 0 Å². The van der Waals surface area contributed by atoms with Gasteiger partial charge < -0.3 is 99.9 Å². The minimum atomic E-state index is -5.08. The average Bonchev–Trinajstić information content (AvgIpc) is 3.06. The Morgan fingerprint density at radius 2 is 0.854 bits per heavy atom. The van der Waals surface area contributed by atoms with E-state index in [0.29, 0.717) is 0 Å². The van der Waals surface area contributed by atoms with Crippen molar-refractivity contribution in [2.45, 2.75) is 122 Å². The van der Waals surface area contributed by atoms with Gasteiger partial charge in [-0.3, -0.25) is 0 Å². The smallest absolute Gasteiger partial charge is 0.243 e. The first-order valence-electron chi connectivity index (χ1n) is 14.7. The molecule has 23 nitrogen and oxygen atoms in total. The minimum absolute atomic E-state index is 0.827. The molecule has 20 atom stereocenters. The normalized spacial score (nSPS) is 50.7. The molecule has 0 aromatic rings. The van der Waals surface area contributed by atoms with Crippen molar-refractivity contribution in [2.24, 2.45) is 0 Å². The monoisotopic (exact) mass is 729 g/mol. The first kappa shape index (κ1) is 39.9. The predicted molar refractivity (Wildman–Crippen MR) is 145 cm³/mol. The lowest BCUT2D eigenvalue weighted by Gasteiger charge is -2.47. The molecule has 15 N–H and O–H groups in total. The summed E-state index contributed by atoms with van der Waals surface area (Å²) in [5.41, 5.74) is -2.43. The lowest BCUT2D eigenvalue weighted by atomic mass is 9.96. The zero-order valence-corrected chi connectivity index (χ0v) is 25.6. The van der Waals surface area contributed by atoms with Gasteiger partial charge >= 0.3 is 0 Å². The fourth-order valence-corrected chi connectivity index (χ4v) is 7.20. The van der Waals surface area contributed by atoms with E-state index in [1.807, 2.05) is 4.72 Å². The van der Waals surface area contributed by atoms with Crippen LogP contribution in [-0.2, 0) is 38.4 Å². The molecule has 24 heteroatoms. The zero-order valence-electron chi connectivity index (χ0n) is 24.8. The van der Waals surface area contributed by atoms with Crippen LogP contribution in [0.3, 0.4) is 0 Å². The molecule has 0 radical (unpaired) electrons. The van der Waals surface area contributed by atoms with Crippen molar-refractivity contribution in [1.29, 1.82) is 0 Å². The van der Waals surface area contributed by atoms with E-state index in [2.05, 4.69) is 0 Å². The van der Waals surface area contributed by atoms with Crippen LogP contribution in [0, 0.1) is 0 Å². The van der Waals surface area contributed by atoms with Crippen molar-refractivity contribution in [3.05, 3.63) is 0 Å². The molecule has 0 unspecified atom stereocenters. The van der Waals surface area contributed by atoms with Crippen molar-refractivity contribution in [1.82, 2.24) is 4.72 Å². The molecule has 4 rings (SSSR count). The molecule has 4 saturated heterocycles. The van der Waals surface area contributed by atoms with Crippen molar-refractivity contribution < 1.29 is 108 Å². The number of aliphatic hydroxyl groups excluding tert-OH is 14. The van der Waals surface area contributed by atoms with E-state index in [-0.39, 0.29) is 0 Å². The SMILES string of the molecule is O=S(=O)(N[C@@H]1O[C@H](CO)[C@@H](O[C@H]2O[C@H](CO)[C@@H](O)[C@H](O)[C@H]2O)[C@H](O)[C@H]1O)[C@@H]1O[C@H](CO)[C@@H](O[C@H]2O[C@H](CO)[C@@H](O)[C@H](O)[C@H]2O)[C@H](O)[C@H]1O. The number of ether oxygens (including phenoxy) is 6. The topological polar surface area (TPSA) is 385 Å². The van der Waals surface area contributed by atoms with E-state index in [0.717, 1.165) is 0 Å². The van der Waals surface area contributed by atoms with E-state index >= 15 is 0 Å². The maximum absolute atomic E-state index is 13.3. The second-order valence-electron chi connectivity index (χ2n) is 11.7. The number of sulfonamides is 1. The molecule has 0 aromatic heterocycles. The second-order valence-corrected chi connectivity index (χ2v) is 13.5. The van der Waals surface area contributed by atoms with Crippen LogP contribution in [0.1, 0.15) is 0 Å². The number of nitrogens with one attached hydrogen (secondary N) is 1. The maximum atomic E-state index is 13.3. The minimum Gasteiger partial charge on any atom is -0.394 e. The molecule has 48 heavy (non-hydrogen) atoms. The Labute approximate surface area is 271 Å². The Morgan fingerprint density at radius 1 is 0.458 bits per heavy atom. The lowest BCUT2D eigenvalue weighted by Crippen LogP contribution is -2.69. The van der Waals surface area contributed by atoms with Crippen LogP contribution >= 0.6 is 0 Å². The largest absolute Gasteiger partial charge is 0.394 e. The van der Waals surface area contributed by atoms with Crippen LogP contribution in [0.25, 0.3) is 0 Å². The summed E-state index contributed by atoms with van der Waals surface area (Å²) in [5, 5.41) is 142. The van der Waals surface area contributed by atoms with Crippen LogP contribution < -0.4 is 4.72 Å². The van der Waals surface area contributed by atoms with Gasteiger partial charge in [0.15, 0.2) is 12.6 Å². The number of rotatable bonds is 11. The van der Waals surface area contributed by atoms with Gasteiger partial charge in [-0.15, -0.1) is 0 Å². The van der Waals surface area contributed by atoms with Crippen molar-refractivity contribution in [2.75, 3.05) is 26.4 Å². The van der Waals surface area contributed by atoms with Crippen LogP contribution in [-0.4, -0.2) is 228 Å². The molecule has 0 amide bonds. The van der Waals surface area contributed by atoms with E-state index in [1.165, 1.54) is 0 Å². The highest BCUT2D eigenvalue weighted by molar-refractivity contribution is 7.90. The van der Waals surface area contributed by atoms with Gasteiger partial charge in [0.05, 0.1) is 26.4 Å². The predicted octanol–water partition coefficient (Wildman–Crippen LogP) is -10.8. The van der Waals surface area contributed by atoms with E-state index < -0.39 is 158 Å². The summed E-state index contributed by atoms with van der Waals surface area (Å²) in [6.45, 7) is -3.74. The van der Waals surface area contributed by atoms with Gasteiger partial charge in [-0.25, -0.2) is 8.42 Å². The van der Waals surface area contributed by atoms with Gasteiger partial charge in [-0.2, -0.15) is 4.72 Å². The summed E-state index contributed by atoms with van der Waals surface area (Å²) in [5.74, 6) is 0. The molecule has 282 valence electrons. The Morgan fingerprint density at radius 3 is 1.27 bits per heavy atom. The summed E-state index contributed by atoms with van der Waals surface area (Å²) < 4.78 is 60.3. The molecule has 0 spiro atoms. The van der Waals surface area contributed by atoms with Crippen molar-refractivity contribution >= 4 is 10.0 Å². The second kappa shape index (κ2) is 16.2. The number of hydrogen-bond donors (Lipinski definition) is 15. The van der Waals surface area contributed by atoms with Crippen LogP contribution in [0.4, 0.5) is 0 Å². The molecule has 0 saturated carbocycles. The quantitative estimate of drug-likeness (QED) is 0.0938. The molecule has 4 aliphatic rings. The molecule has 0 aliphatic carbocycles. The van der Waals surface area contributed by atoms with Crippen molar-refractivity contribution in [3.63, 3.8) is 0 Å². The van der Waals surface area contributed by atoms with Gasteiger partial charge in [0.25, 0.3) is 0 Å². The standard InChI is InChI=1S/C24H43NO22S/c26-1-5-9(30)11(32)16(37)22(43-5)46-19-7(3-28)42-21(15(36)13(19)34)25-48(40,41)24-18(39)14(35)20(8(4-29)45-24)47-23-17(38)12(33)10(31)6(2-27)44-23/h5-39H,1-4H2/t5-,6-,7-,8-,9-,10-,11+,12+,13-,14-,15-,16-,17-,18-,19-,20-,21-,22-,23-,24+/m1/s1. The van der Waals surface area contributed by atoms with Gasteiger partial charge in [0, 0.05) is 0 Å². The third kappa shape index (κ3) is 7.80. The Hall–Kier alpha value is -0.890. The molecule has 4 fully saturated rings. The first-order valence-corrected chi connectivity index (χ1v) is 16.2. The number of aliphatic hydroxyl groups is 14. The number of hydrogen-bond acceptors (Lipinski definition) is 22. The average molecular weight is 730 g/mol. The fourth-order valence-electron chi connectivity index (χ4n) is 5.73. The molecule has 0 bridgehead atoms. The van der Waals surface area contributed by atoms with Crippen LogP contribution in [0.2, 0.25) is 0 Å². The lowest BCUT2D eigenvalue weighted by molar-refractivity contribution is -0.342. The Bertz CT molecular complexity index is 1130. The molecular weight excluding hydrogens is 686 g/mol. The summed E-state index contributed by atoms with van der Waals surface area (Å²) in [6, 6.07) is 0. The third-order valence-electron chi connectivity index (χ3n) is 8.55. The highest BCUT2D eigenvalue weighted by Gasteiger charge is 2.56. The molecular formula is C24H43NO22S. The summed E-state index contributed by atoms with van der Waals surface area (Å²) in [7, 11) is -5.08. The van der Waals surface area contributed by atoms with Crippen LogP contribution in [0.15, 0.2) is 0 Å². The van der Waals surface area contributed by atoms with Gasteiger partial charge in [-0.1, -0.05) is 0 Å². The van der Waals surface area contributed by atoms with Crippen molar-refractivity contribution in [3.8, 4) is 0 Å². The van der Waals surface area contributed by atoms with E-state index in [9.17, 15) is 79.9 Å². The molecule has 4 heterocycles. The fraction of sp³-hybridized carbons (Fsp3) is 1.00. The Balaban J connectivity index is 1.45. The van der Waals surface area contributed by atoms with Gasteiger partial charge in [0.2, 0.25) is 15.5 Å². The zero-order chi connectivity index (χ0) is 35.8. The molecule has 0 aromatic carbocycles. The summed E-state index contributed by atoms with van der Waals surface area (Å²) in [6.07, 6.45) is -35.9. The summed E-state index contributed by atoms with van der Waals surface area (Å²) >= 11 is 0. The van der Waals surface area contributed by atoms with E-state index in [1.54, 1.807) is 0 Å². The summed E-state index contributed by atoms with van der Waals surface area (Å²) in [4.78, 5) is 0. The van der Waals surface area contributed by atoms with E-state index in [4.69, 9.17) is 28.4 Å². The highest BCUT2D eigenvalue weighted by atomic mass is 32.2. The first-order chi connectivity index (χ1) is 22.5. The highest BCUT2D eigenvalue weighted by Crippen LogP contribution is 2.32.